The molecule has 2 aromatic carbocycles. The lowest BCUT2D eigenvalue weighted by Crippen LogP contribution is -2.14. The highest BCUT2D eigenvalue weighted by molar-refractivity contribution is 7.86. The Hall–Kier alpha value is -1.81. The van der Waals surface area contributed by atoms with Crippen molar-refractivity contribution in [3.63, 3.8) is 0 Å². The van der Waals surface area contributed by atoms with E-state index in [1.54, 1.807) is 0 Å². The maximum Gasteiger partial charge on any atom is 0.313 e. The number of rotatable bonds is 4. The minimum Gasteiger partial charge on any atom is -0.382 e. The Balaban J connectivity index is 2.31. The summed E-state index contributed by atoms with van der Waals surface area (Å²) in [6.45, 7) is 7.57. The molecular formula is C17H20O3S. The van der Waals surface area contributed by atoms with Gasteiger partial charge in [-0.15, -0.1) is 0 Å². The molecule has 0 amide bonds. The Morgan fingerprint density at radius 2 is 1.48 bits per heavy atom. The molecular weight excluding hydrogens is 284 g/mol. The topological polar surface area (TPSA) is 43.4 Å². The van der Waals surface area contributed by atoms with Gasteiger partial charge in [0.15, 0.2) is 0 Å². The molecule has 0 heterocycles. The maximum atomic E-state index is 12.3. The van der Waals surface area contributed by atoms with E-state index in [1.807, 2.05) is 64.1 Å². The van der Waals surface area contributed by atoms with E-state index < -0.39 is 10.1 Å². The molecule has 0 fully saturated rings. The van der Waals surface area contributed by atoms with Crippen LogP contribution in [-0.4, -0.2) is 8.42 Å². The molecule has 0 aromatic heterocycles. The fourth-order valence-electron chi connectivity index (χ4n) is 2.17. The zero-order valence-electron chi connectivity index (χ0n) is 12.8. The summed E-state index contributed by atoms with van der Waals surface area (Å²) >= 11 is 0. The average Bonchev–Trinajstić information content (AvgIpc) is 2.42. The molecule has 112 valence electrons. The molecule has 21 heavy (non-hydrogen) atoms. The first kappa shape index (κ1) is 15.6. The zero-order chi connectivity index (χ0) is 15.6. The van der Waals surface area contributed by atoms with Crippen molar-refractivity contribution in [2.75, 3.05) is 0 Å². The van der Waals surface area contributed by atoms with Gasteiger partial charge in [0, 0.05) is 0 Å². The molecule has 0 saturated heterocycles. The van der Waals surface area contributed by atoms with E-state index in [1.165, 1.54) is 0 Å². The number of hydrogen-bond donors (Lipinski definition) is 0. The highest BCUT2D eigenvalue weighted by atomic mass is 32.2. The summed E-state index contributed by atoms with van der Waals surface area (Å²) in [5, 5.41) is 0. The Labute approximate surface area is 126 Å². The summed E-state index contributed by atoms with van der Waals surface area (Å²) in [5.41, 5.74) is 4.42. The summed E-state index contributed by atoms with van der Waals surface area (Å²) in [5.74, 6) is 0.329. The van der Waals surface area contributed by atoms with Gasteiger partial charge in [0.1, 0.15) is 11.5 Å². The summed E-state index contributed by atoms with van der Waals surface area (Å²) in [6.07, 6.45) is 0. The lowest BCUT2D eigenvalue weighted by atomic mass is 10.1. The first-order chi connectivity index (χ1) is 9.80. The Morgan fingerprint density at radius 3 is 2.14 bits per heavy atom. The van der Waals surface area contributed by atoms with Crippen LogP contribution in [-0.2, 0) is 15.9 Å². The van der Waals surface area contributed by atoms with Crippen molar-refractivity contribution in [3.05, 3.63) is 64.2 Å². The molecule has 0 atom stereocenters. The third-order valence-electron chi connectivity index (χ3n) is 3.68. The van der Waals surface area contributed by atoms with Crippen LogP contribution >= 0.6 is 0 Å². The highest BCUT2D eigenvalue weighted by Gasteiger charge is 2.18. The second kappa shape index (κ2) is 5.90. The molecule has 0 unspecified atom stereocenters. The molecule has 0 N–H and O–H groups in total. The van der Waals surface area contributed by atoms with Crippen molar-refractivity contribution in [2.45, 2.75) is 33.4 Å². The second-order valence-electron chi connectivity index (χ2n) is 5.37. The smallest absolute Gasteiger partial charge is 0.313 e. The van der Waals surface area contributed by atoms with Crippen LogP contribution in [0, 0.1) is 27.7 Å². The van der Waals surface area contributed by atoms with Crippen molar-refractivity contribution in [1.82, 2.24) is 0 Å². The van der Waals surface area contributed by atoms with E-state index in [-0.39, 0.29) is 5.75 Å². The summed E-state index contributed by atoms with van der Waals surface area (Å²) in [6, 6.07) is 11.3. The van der Waals surface area contributed by atoms with Crippen LogP contribution in [0.1, 0.15) is 27.8 Å². The monoisotopic (exact) mass is 304 g/mol. The van der Waals surface area contributed by atoms with Gasteiger partial charge < -0.3 is 4.18 Å². The van der Waals surface area contributed by atoms with E-state index in [4.69, 9.17) is 4.18 Å². The van der Waals surface area contributed by atoms with Gasteiger partial charge in [-0.05, 0) is 55.5 Å². The van der Waals surface area contributed by atoms with Crippen LogP contribution < -0.4 is 4.18 Å². The molecule has 0 aliphatic heterocycles. The van der Waals surface area contributed by atoms with E-state index in [2.05, 4.69) is 0 Å². The van der Waals surface area contributed by atoms with Gasteiger partial charge >= 0.3 is 10.1 Å². The molecule has 4 heteroatoms. The predicted molar refractivity (Wildman–Crippen MR) is 85.1 cm³/mol. The Bertz CT molecular complexity index is 762. The highest BCUT2D eigenvalue weighted by Crippen LogP contribution is 2.28. The summed E-state index contributed by atoms with van der Waals surface area (Å²) in [7, 11) is -3.67. The zero-order valence-corrected chi connectivity index (χ0v) is 13.6. The molecule has 0 aliphatic carbocycles. The molecule has 0 spiro atoms. The number of aryl methyl sites for hydroxylation is 3. The van der Waals surface area contributed by atoms with Crippen LogP contribution in [0.5, 0.6) is 5.75 Å². The molecule has 0 saturated carbocycles. The van der Waals surface area contributed by atoms with Crippen molar-refractivity contribution >= 4 is 10.1 Å². The second-order valence-corrected chi connectivity index (χ2v) is 6.94. The quantitative estimate of drug-likeness (QED) is 0.806. The van der Waals surface area contributed by atoms with E-state index in [9.17, 15) is 8.42 Å². The van der Waals surface area contributed by atoms with Gasteiger partial charge in [0.2, 0.25) is 0 Å². The molecule has 3 nitrogen and oxygen atoms in total. The molecule has 0 aliphatic rings. The van der Waals surface area contributed by atoms with Crippen LogP contribution in [0.4, 0.5) is 0 Å². The van der Waals surface area contributed by atoms with E-state index in [0.29, 0.717) is 5.75 Å². The first-order valence-electron chi connectivity index (χ1n) is 6.83. The third-order valence-corrected chi connectivity index (χ3v) is 4.76. The van der Waals surface area contributed by atoms with Crippen LogP contribution in [0.3, 0.4) is 0 Å². The van der Waals surface area contributed by atoms with Gasteiger partial charge in [0.25, 0.3) is 0 Å². The van der Waals surface area contributed by atoms with Gasteiger partial charge in [-0.3, -0.25) is 0 Å². The van der Waals surface area contributed by atoms with Gasteiger partial charge in [-0.1, -0.05) is 36.4 Å². The van der Waals surface area contributed by atoms with Crippen molar-refractivity contribution < 1.29 is 12.6 Å². The van der Waals surface area contributed by atoms with Gasteiger partial charge in [-0.25, -0.2) is 0 Å². The molecule has 2 rings (SSSR count). The third kappa shape index (κ3) is 3.64. The lowest BCUT2D eigenvalue weighted by molar-refractivity contribution is 0.481. The van der Waals surface area contributed by atoms with E-state index in [0.717, 1.165) is 27.8 Å². The lowest BCUT2D eigenvalue weighted by Gasteiger charge is -2.14. The normalized spacial score (nSPS) is 11.4. The molecule has 2 aromatic rings. The average molecular weight is 304 g/mol. The predicted octanol–water partition coefficient (Wildman–Crippen LogP) is 3.83. The Kier molecular flexibility index (Phi) is 4.37. The number of hydrogen-bond acceptors (Lipinski definition) is 3. The minimum atomic E-state index is -3.67. The summed E-state index contributed by atoms with van der Waals surface area (Å²) < 4.78 is 30.0. The first-order valence-corrected chi connectivity index (χ1v) is 8.41. The van der Waals surface area contributed by atoms with Gasteiger partial charge in [0.05, 0.1) is 0 Å². The van der Waals surface area contributed by atoms with Crippen molar-refractivity contribution in [2.24, 2.45) is 0 Å². The van der Waals surface area contributed by atoms with Crippen LogP contribution in [0.25, 0.3) is 0 Å². The minimum absolute atomic E-state index is 0.119. The maximum absolute atomic E-state index is 12.3. The fourth-order valence-corrected chi connectivity index (χ4v) is 3.45. The van der Waals surface area contributed by atoms with Crippen molar-refractivity contribution in [1.29, 1.82) is 0 Å². The van der Waals surface area contributed by atoms with Crippen molar-refractivity contribution in [3.8, 4) is 5.75 Å². The van der Waals surface area contributed by atoms with Crippen LogP contribution in [0.15, 0.2) is 36.4 Å². The largest absolute Gasteiger partial charge is 0.382 e. The van der Waals surface area contributed by atoms with Crippen LogP contribution in [0.2, 0.25) is 0 Å². The standard InChI is InChI=1S/C17H20O3S/c1-12-9-10-14(3)17(15(12)4)20-21(18,19)11-16-8-6-5-7-13(16)2/h5-10H,11H2,1-4H3. The number of benzene rings is 2. The fraction of sp³-hybridized carbons (Fsp3) is 0.294. The Morgan fingerprint density at radius 1 is 0.857 bits per heavy atom. The summed E-state index contributed by atoms with van der Waals surface area (Å²) in [4.78, 5) is 0. The van der Waals surface area contributed by atoms with Gasteiger partial charge in [-0.2, -0.15) is 8.42 Å². The van der Waals surface area contributed by atoms with E-state index >= 15 is 0 Å². The molecule has 0 radical (unpaired) electrons. The SMILES string of the molecule is Cc1ccccc1CS(=O)(=O)Oc1c(C)ccc(C)c1C. The molecule has 0 bridgehead atoms.